The molecule has 3 nitrogen and oxygen atoms in total. The summed E-state index contributed by atoms with van der Waals surface area (Å²) >= 11 is 6.21. The molecule has 2 N–H and O–H groups in total. The van der Waals surface area contributed by atoms with Crippen molar-refractivity contribution in [2.45, 2.75) is 12.8 Å². The predicted molar refractivity (Wildman–Crippen MR) is 87.8 cm³/mol. The zero-order chi connectivity index (χ0) is 14.7. The molecule has 0 unspecified atom stereocenters. The van der Waals surface area contributed by atoms with Crippen LogP contribution in [-0.4, -0.2) is 19.7 Å². The number of benzene rings is 2. The molecule has 0 saturated carbocycles. The van der Waals surface area contributed by atoms with Crippen molar-refractivity contribution in [3.63, 3.8) is 0 Å². The molecule has 2 aromatic carbocycles. The Morgan fingerprint density at radius 1 is 1.14 bits per heavy atom. The van der Waals surface area contributed by atoms with E-state index in [1.807, 2.05) is 30.3 Å². The van der Waals surface area contributed by atoms with E-state index >= 15 is 0 Å². The first-order chi connectivity index (χ1) is 10.3. The van der Waals surface area contributed by atoms with Crippen molar-refractivity contribution in [2.75, 3.05) is 24.6 Å². The van der Waals surface area contributed by atoms with Gasteiger partial charge in [0.2, 0.25) is 0 Å². The average Bonchev–Trinajstić information content (AvgIpc) is 2.72. The van der Waals surface area contributed by atoms with Crippen molar-refractivity contribution in [3.05, 3.63) is 53.1 Å². The normalized spacial score (nSPS) is 14.3. The van der Waals surface area contributed by atoms with Gasteiger partial charge in [-0.05, 0) is 49.2 Å². The van der Waals surface area contributed by atoms with Crippen molar-refractivity contribution in [1.29, 1.82) is 0 Å². The molecule has 4 heteroatoms. The number of hydrogen-bond donors (Lipinski definition) is 1. The van der Waals surface area contributed by atoms with Crippen molar-refractivity contribution < 1.29 is 4.74 Å². The Morgan fingerprint density at radius 2 is 2.00 bits per heavy atom. The second-order valence-electron chi connectivity index (χ2n) is 5.13. The second kappa shape index (κ2) is 6.37. The lowest BCUT2D eigenvalue weighted by molar-refractivity contribution is 0.322. The smallest absolute Gasteiger partial charge is 0.142 e. The summed E-state index contributed by atoms with van der Waals surface area (Å²) in [6.45, 7) is 2.27. The van der Waals surface area contributed by atoms with Gasteiger partial charge in [0.1, 0.15) is 5.75 Å². The SMILES string of the molecule is NCCc1ccc(Cl)cc1N1CCCOc2ccccc21. The van der Waals surface area contributed by atoms with Gasteiger partial charge in [-0.2, -0.15) is 0 Å². The highest BCUT2D eigenvalue weighted by molar-refractivity contribution is 6.30. The molecular weight excluding hydrogens is 284 g/mol. The Hall–Kier alpha value is -1.71. The molecule has 0 bridgehead atoms. The van der Waals surface area contributed by atoms with Crippen molar-refractivity contribution in [1.82, 2.24) is 0 Å². The molecular formula is C17H19ClN2O. The van der Waals surface area contributed by atoms with Crippen LogP contribution in [0.25, 0.3) is 0 Å². The summed E-state index contributed by atoms with van der Waals surface area (Å²) in [5.41, 5.74) is 9.19. The Balaban J connectivity index is 2.09. The molecule has 0 radical (unpaired) electrons. The van der Waals surface area contributed by atoms with E-state index in [9.17, 15) is 0 Å². The third-order valence-corrected chi connectivity index (χ3v) is 3.93. The average molecular weight is 303 g/mol. The van der Waals surface area contributed by atoms with Gasteiger partial charge in [0.15, 0.2) is 0 Å². The Bertz CT molecular complexity index is 630. The van der Waals surface area contributed by atoms with Gasteiger partial charge in [-0.3, -0.25) is 0 Å². The van der Waals surface area contributed by atoms with Gasteiger partial charge in [0.05, 0.1) is 12.3 Å². The van der Waals surface area contributed by atoms with Crippen LogP contribution in [-0.2, 0) is 6.42 Å². The zero-order valence-electron chi connectivity index (χ0n) is 11.9. The lowest BCUT2D eigenvalue weighted by Gasteiger charge is -2.26. The quantitative estimate of drug-likeness (QED) is 0.938. The van der Waals surface area contributed by atoms with E-state index in [0.29, 0.717) is 6.54 Å². The molecule has 1 aliphatic rings. The van der Waals surface area contributed by atoms with Crippen LogP contribution in [0.5, 0.6) is 5.75 Å². The summed E-state index contributed by atoms with van der Waals surface area (Å²) in [5, 5.41) is 0.744. The van der Waals surface area contributed by atoms with Crippen molar-refractivity contribution >= 4 is 23.0 Å². The molecule has 3 rings (SSSR count). The number of ether oxygens (including phenoxy) is 1. The van der Waals surface area contributed by atoms with Gasteiger partial charge in [0, 0.05) is 17.3 Å². The molecule has 0 aliphatic carbocycles. The van der Waals surface area contributed by atoms with E-state index in [2.05, 4.69) is 17.0 Å². The standard InChI is InChI=1S/C17H19ClN2O/c18-14-7-6-13(8-9-19)16(12-14)20-10-3-11-21-17-5-2-1-4-15(17)20/h1-2,4-7,12H,3,8-11,19H2. The van der Waals surface area contributed by atoms with Crippen LogP contribution in [0.15, 0.2) is 42.5 Å². The van der Waals surface area contributed by atoms with Gasteiger partial charge in [0.25, 0.3) is 0 Å². The van der Waals surface area contributed by atoms with Crippen LogP contribution in [0.2, 0.25) is 5.02 Å². The van der Waals surface area contributed by atoms with Gasteiger partial charge in [-0.1, -0.05) is 29.8 Å². The minimum absolute atomic E-state index is 0.626. The number of nitrogens with two attached hydrogens (primary N) is 1. The maximum Gasteiger partial charge on any atom is 0.142 e. The third kappa shape index (κ3) is 2.99. The first kappa shape index (κ1) is 14.2. The van der Waals surface area contributed by atoms with Crippen LogP contribution >= 0.6 is 11.6 Å². The molecule has 0 fully saturated rings. The summed E-state index contributed by atoms with van der Waals surface area (Å²) < 4.78 is 5.83. The summed E-state index contributed by atoms with van der Waals surface area (Å²) in [5.74, 6) is 0.925. The summed E-state index contributed by atoms with van der Waals surface area (Å²) in [7, 11) is 0. The van der Waals surface area contributed by atoms with Gasteiger partial charge >= 0.3 is 0 Å². The molecule has 0 saturated heterocycles. The number of anilines is 2. The Kier molecular flexibility index (Phi) is 4.32. The van der Waals surface area contributed by atoms with Crippen LogP contribution in [0.3, 0.4) is 0 Å². The van der Waals surface area contributed by atoms with Crippen LogP contribution in [0.1, 0.15) is 12.0 Å². The summed E-state index contributed by atoms with van der Waals surface area (Å²) in [6.07, 6.45) is 1.81. The minimum atomic E-state index is 0.626. The fraction of sp³-hybridized carbons (Fsp3) is 0.294. The maximum atomic E-state index is 6.21. The van der Waals surface area contributed by atoms with E-state index in [-0.39, 0.29) is 0 Å². The first-order valence-electron chi connectivity index (χ1n) is 7.27. The minimum Gasteiger partial charge on any atom is -0.491 e. The molecule has 0 atom stereocenters. The lowest BCUT2D eigenvalue weighted by Crippen LogP contribution is -2.20. The Morgan fingerprint density at radius 3 is 2.86 bits per heavy atom. The summed E-state index contributed by atoms with van der Waals surface area (Å²) in [6, 6.07) is 14.2. The lowest BCUT2D eigenvalue weighted by atomic mass is 10.1. The molecule has 0 spiro atoms. The maximum absolute atomic E-state index is 6.21. The van der Waals surface area contributed by atoms with Crippen LogP contribution in [0.4, 0.5) is 11.4 Å². The highest BCUT2D eigenvalue weighted by Crippen LogP contribution is 2.38. The molecule has 0 aromatic heterocycles. The molecule has 0 amide bonds. The van der Waals surface area contributed by atoms with E-state index in [1.165, 1.54) is 5.56 Å². The largest absolute Gasteiger partial charge is 0.491 e. The molecule has 21 heavy (non-hydrogen) atoms. The molecule has 2 aromatic rings. The first-order valence-corrected chi connectivity index (χ1v) is 7.65. The number of fused-ring (bicyclic) bond motifs is 1. The third-order valence-electron chi connectivity index (χ3n) is 3.69. The molecule has 1 heterocycles. The van der Waals surface area contributed by atoms with Gasteiger partial charge < -0.3 is 15.4 Å². The monoisotopic (exact) mass is 302 g/mol. The second-order valence-corrected chi connectivity index (χ2v) is 5.57. The predicted octanol–water partition coefficient (Wildman–Crippen LogP) is 3.76. The topological polar surface area (TPSA) is 38.5 Å². The fourth-order valence-corrected chi connectivity index (χ4v) is 2.90. The van der Waals surface area contributed by atoms with E-state index < -0.39 is 0 Å². The van der Waals surface area contributed by atoms with Gasteiger partial charge in [-0.25, -0.2) is 0 Å². The highest BCUT2D eigenvalue weighted by atomic mass is 35.5. The van der Waals surface area contributed by atoms with Crippen LogP contribution in [0, 0.1) is 0 Å². The number of rotatable bonds is 3. The number of para-hydroxylation sites is 2. The highest BCUT2D eigenvalue weighted by Gasteiger charge is 2.19. The zero-order valence-corrected chi connectivity index (χ0v) is 12.6. The number of nitrogens with zero attached hydrogens (tertiary/aromatic N) is 1. The van der Waals surface area contributed by atoms with Gasteiger partial charge in [-0.15, -0.1) is 0 Å². The van der Waals surface area contributed by atoms with E-state index in [1.54, 1.807) is 0 Å². The van der Waals surface area contributed by atoms with Crippen molar-refractivity contribution in [2.24, 2.45) is 5.73 Å². The van der Waals surface area contributed by atoms with Crippen molar-refractivity contribution in [3.8, 4) is 5.75 Å². The molecule has 110 valence electrons. The summed E-state index contributed by atoms with van der Waals surface area (Å²) in [4.78, 5) is 2.29. The Labute approximate surface area is 130 Å². The van der Waals surface area contributed by atoms with E-state index in [0.717, 1.165) is 48.1 Å². The van der Waals surface area contributed by atoms with E-state index in [4.69, 9.17) is 22.1 Å². The number of halogens is 1. The van der Waals surface area contributed by atoms with Crippen LogP contribution < -0.4 is 15.4 Å². The number of hydrogen-bond acceptors (Lipinski definition) is 3. The molecule has 1 aliphatic heterocycles. The fourth-order valence-electron chi connectivity index (χ4n) is 2.73.